The predicted molar refractivity (Wildman–Crippen MR) is 125 cm³/mol. The third kappa shape index (κ3) is 6.26. The van der Waals surface area contributed by atoms with Crippen LogP contribution < -0.4 is 16.4 Å². The summed E-state index contributed by atoms with van der Waals surface area (Å²) in [4.78, 5) is 29.3. The average molecular weight is 438 g/mol. The number of aryl methyl sites for hydroxylation is 1. The third-order valence-electron chi connectivity index (χ3n) is 4.93. The van der Waals surface area contributed by atoms with Gasteiger partial charge >= 0.3 is 6.09 Å². The number of anilines is 1. The fourth-order valence-electron chi connectivity index (χ4n) is 3.60. The van der Waals surface area contributed by atoms with Gasteiger partial charge in [-0.05, 0) is 57.2 Å². The van der Waals surface area contributed by atoms with Gasteiger partial charge in [-0.15, -0.1) is 0 Å². The number of benzene rings is 1. The van der Waals surface area contributed by atoms with Gasteiger partial charge in [0.2, 0.25) is 5.95 Å². The molecule has 1 amide bonds. The number of aromatic nitrogens is 3. The number of ether oxygens (including phenoxy) is 1. The number of carbonyl (C=O) groups excluding carboxylic acids is 1. The van der Waals surface area contributed by atoms with Crippen LogP contribution in [0.2, 0.25) is 0 Å². The van der Waals surface area contributed by atoms with Gasteiger partial charge in [0.1, 0.15) is 11.9 Å². The molecule has 0 radical (unpaired) electrons. The van der Waals surface area contributed by atoms with E-state index in [1.165, 1.54) is 18.1 Å². The zero-order chi connectivity index (χ0) is 23.1. The van der Waals surface area contributed by atoms with E-state index in [9.17, 15) is 4.79 Å². The van der Waals surface area contributed by atoms with Crippen molar-refractivity contribution in [1.82, 2.24) is 20.3 Å². The molecule has 170 valence electrons. The highest BCUT2D eigenvalue weighted by molar-refractivity contribution is 5.82. The van der Waals surface area contributed by atoms with E-state index in [1.54, 1.807) is 13.3 Å². The summed E-state index contributed by atoms with van der Waals surface area (Å²) in [6.07, 6.45) is 7.93. The lowest BCUT2D eigenvalue weighted by Crippen LogP contribution is -2.35. The minimum Gasteiger partial charge on any atom is -0.444 e. The molecule has 3 rings (SSSR count). The van der Waals surface area contributed by atoms with Gasteiger partial charge in [-0.3, -0.25) is 4.99 Å². The number of alkyl carbamates (subject to hydrolysis) is 1. The fourth-order valence-corrected chi connectivity index (χ4v) is 3.60. The molecule has 1 atom stereocenters. The van der Waals surface area contributed by atoms with Crippen molar-refractivity contribution in [1.29, 1.82) is 0 Å². The van der Waals surface area contributed by atoms with Gasteiger partial charge in [0.05, 0.1) is 11.7 Å². The Kier molecular flexibility index (Phi) is 7.40. The molecule has 1 aromatic heterocycles. The molecule has 0 fully saturated rings. The molecule has 1 aliphatic rings. The molecular formula is C23H31N7O2. The van der Waals surface area contributed by atoms with Crippen LogP contribution in [0.5, 0.6) is 0 Å². The number of nitrogens with zero attached hydrogens (tertiary/aromatic N) is 4. The summed E-state index contributed by atoms with van der Waals surface area (Å²) in [5.74, 6) is 0.932. The number of fused-ring (bicyclic) bond motifs is 1. The number of carbonyl (C=O) groups is 1. The van der Waals surface area contributed by atoms with Crippen molar-refractivity contribution in [3.8, 4) is 11.4 Å². The summed E-state index contributed by atoms with van der Waals surface area (Å²) in [6, 6.07) is 6.03. The van der Waals surface area contributed by atoms with Gasteiger partial charge in [0, 0.05) is 25.0 Å². The lowest BCUT2D eigenvalue weighted by molar-refractivity contribution is 0.0501. The van der Waals surface area contributed by atoms with Gasteiger partial charge < -0.3 is 21.1 Å². The van der Waals surface area contributed by atoms with Gasteiger partial charge in [-0.1, -0.05) is 18.6 Å². The minimum atomic E-state index is -0.534. The second-order valence-corrected chi connectivity index (χ2v) is 8.63. The van der Waals surface area contributed by atoms with Crippen molar-refractivity contribution >= 4 is 18.3 Å². The molecule has 0 saturated heterocycles. The monoisotopic (exact) mass is 437 g/mol. The Balaban J connectivity index is 1.84. The first-order chi connectivity index (χ1) is 15.3. The van der Waals surface area contributed by atoms with Crippen LogP contribution in [0.15, 0.2) is 41.4 Å². The molecule has 4 N–H and O–H groups in total. The molecule has 0 unspecified atom stereocenters. The molecule has 0 aliphatic heterocycles. The molecule has 1 aromatic carbocycles. The van der Waals surface area contributed by atoms with E-state index in [4.69, 9.17) is 10.5 Å². The van der Waals surface area contributed by atoms with E-state index in [0.29, 0.717) is 17.5 Å². The number of rotatable bonds is 5. The maximum absolute atomic E-state index is 12.3. The highest BCUT2D eigenvalue weighted by Crippen LogP contribution is 2.31. The summed E-state index contributed by atoms with van der Waals surface area (Å²) >= 11 is 0. The van der Waals surface area contributed by atoms with Crippen molar-refractivity contribution in [2.24, 2.45) is 10.7 Å². The number of allylic oxidation sites excluding steroid dienone is 1. The Labute approximate surface area is 188 Å². The quantitative estimate of drug-likeness (QED) is 0.480. The second-order valence-electron chi connectivity index (χ2n) is 8.63. The molecule has 1 aliphatic carbocycles. The smallest absolute Gasteiger partial charge is 0.408 e. The Morgan fingerprint density at radius 1 is 1.28 bits per heavy atom. The highest BCUT2D eigenvalue weighted by atomic mass is 16.6. The van der Waals surface area contributed by atoms with Crippen LogP contribution >= 0.6 is 0 Å². The van der Waals surface area contributed by atoms with Crippen LogP contribution in [0.4, 0.5) is 10.7 Å². The molecule has 0 bridgehead atoms. The number of nitrogens with two attached hydrogens (primary N) is 1. The molecule has 0 saturated carbocycles. The lowest BCUT2D eigenvalue weighted by atomic mass is 9.96. The SMILES string of the molecule is CN=C/C(=C\N)Nc1ncnc(-c2ccc3c(c2)CCCC[C@H]3NC(=O)OC(C)(C)C)n1. The van der Waals surface area contributed by atoms with Crippen LogP contribution in [0.3, 0.4) is 0 Å². The normalized spacial score (nSPS) is 16.9. The molecule has 1 heterocycles. The van der Waals surface area contributed by atoms with Gasteiger partial charge in [0.25, 0.3) is 0 Å². The van der Waals surface area contributed by atoms with E-state index < -0.39 is 11.7 Å². The first kappa shape index (κ1) is 23.2. The van der Waals surface area contributed by atoms with Gasteiger partial charge in [-0.2, -0.15) is 4.98 Å². The lowest BCUT2D eigenvalue weighted by Gasteiger charge is -2.24. The van der Waals surface area contributed by atoms with Gasteiger partial charge in [-0.25, -0.2) is 14.8 Å². The molecule has 32 heavy (non-hydrogen) atoms. The largest absolute Gasteiger partial charge is 0.444 e. The fraction of sp³-hybridized carbons (Fsp3) is 0.435. The number of aliphatic imine (C=N–C) groups is 1. The predicted octanol–water partition coefficient (Wildman–Crippen LogP) is 3.74. The molecule has 9 heteroatoms. The Morgan fingerprint density at radius 2 is 2.09 bits per heavy atom. The number of amides is 1. The summed E-state index contributed by atoms with van der Waals surface area (Å²) in [6.45, 7) is 5.58. The van der Waals surface area contributed by atoms with Crippen LogP contribution in [0.1, 0.15) is 57.2 Å². The first-order valence-electron chi connectivity index (χ1n) is 10.7. The Morgan fingerprint density at radius 3 is 2.81 bits per heavy atom. The highest BCUT2D eigenvalue weighted by Gasteiger charge is 2.24. The van der Waals surface area contributed by atoms with Crippen molar-refractivity contribution in [3.05, 3.63) is 47.6 Å². The van der Waals surface area contributed by atoms with E-state index in [0.717, 1.165) is 36.8 Å². The minimum absolute atomic E-state index is 0.0856. The van der Waals surface area contributed by atoms with E-state index in [-0.39, 0.29) is 6.04 Å². The van der Waals surface area contributed by atoms with Crippen molar-refractivity contribution in [2.45, 2.75) is 58.1 Å². The van der Waals surface area contributed by atoms with E-state index in [1.807, 2.05) is 32.9 Å². The maximum atomic E-state index is 12.3. The van der Waals surface area contributed by atoms with Crippen molar-refractivity contribution < 1.29 is 9.53 Å². The summed E-state index contributed by atoms with van der Waals surface area (Å²) in [5, 5.41) is 6.06. The number of hydrogen-bond acceptors (Lipinski definition) is 8. The zero-order valence-electron chi connectivity index (χ0n) is 19.1. The molecule has 2 aromatic rings. The average Bonchev–Trinajstić information content (AvgIpc) is 2.94. The molecule has 0 spiro atoms. The maximum Gasteiger partial charge on any atom is 0.408 e. The Bertz CT molecular complexity index is 1010. The van der Waals surface area contributed by atoms with Crippen molar-refractivity contribution in [2.75, 3.05) is 12.4 Å². The number of hydrogen-bond donors (Lipinski definition) is 3. The number of nitrogens with one attached hydrogen (secondary N) is 2. The van der Waals surface area contributed by atoms with E-state index in [2.05, 4.69) is 36.6 Å². The standard InChI is InChI=1S/C23H31N7O2/c1-23(2,3)32-22(31)29-19-8-6-5-7-15-11-16(9-10-18(15)19)20-26-14-27-21(30-20)28-17(12-24)13-25-4/h9-14,19H,5-8,24H2,1-4H3,(H,29,31)(H,26,27,28,30)/b17-12+,25-13?/t19-/m1/s1. The topological polar surface area (TPSA) is 127 Å². The second kappa shape index (κ2) is 10.2. The van der Waals surface area contributed by atoms with Crippen LogP contribution in [0, 0.1) is 0 Å². The van der Waals surface area contributed by atoms with Gasteiger partial charge in [0.15, 0.2) is 5.82 Å². The third-order valence-corrected chi connectivity index (χ3v) is 4.93. The molecule has 9 nitrogen and oxygen atoms in total. The van der Waals surface area contributed by atoms with Crippen LogP contribution in [-0.2, 0) is 11.2 Å². The van der Waals surface area contributed by atoms with Crippen LogP contribution in [-0.4, -0.2) is 39.9 Å². The zero-order valence-corrected chi connectivity index (χ0v) is 19.1. The first-order valence-corrected chi connectivity index (χ1v) is 10.7. The van der Waals surface area contributed by atoms with Crippen LogP contribution in [0.25, 0.3) is 11.4 Å². The van der Waals surface area contributed by atoms with E-state index >= 15 is 0 Å². The Hall–Kier alpha value is -3.49. The summed E-state index contributed by atoms with van der Waals surface area (Å²) in [5.41, 5.74) is 8.82. The molecular weight excluding hydrogens is 406 g/mol. The van der Waals surface area contributed by atoms with Crippen molar-refractivity contribution in [3.63, 3.8) is 0 Å². The summed E-state index contributed by atoms with van der Waals surface area (Å²) < 4.78 is 5.45. The summed E-state index contributed by atoms with van der Waals surface area (Å²) in [7, 11) is 1.66.